The Labute approximate surface area is 103 Å². The van der Waals surface area contributed by atoms with Crippen molar-refractivity contribution in [3.8, 4) is 0 Å². The standard InChI is InChI=1S/C12H21NS2/c1-5-9-7-10(8(3)4)12(13-15-9)11(14)6-2/h7-9,11,14H,5-6H2,1-4H3. The molecular formula is C12H21NS2. The Morgan fingerprint density at radius 2 is 2.13 bits per heavy atom. The van der Waals surface area contributed by atoms with Crippen LogP contribution < -0.4 is 0 Å². The Hall–Kier alpha value is 0.110. The van der Waals surface area contributed by atoms with Crippen LogP contribution in [0.5, 0.6) is 0 Å². The van der Waals surface area contributed by atoms with E-state index in [1.807, 2.05) is 0 Å². The second-order valence-electron chi connectivity index (χ2n) is 4.23. The third-order valence-corrected chi connectivity index (χ3v) is 4.33. The van der Waals surface area contributed by atoms with E-state index < -0.39 is 0 Å². The molecule has 0 amide bonds. The van der Waals surface area contributed by atoms with E-state index in [-0.39, 0.29) is 0 Å². The van der Waals surface area contributed by atoms with Crippen LogP contribution in [0, 0.1) is 5.92 Å². The van der Waals surface area contributed by atoms with Gasteiger partial charge in [0.1, 0.15) is 0 Å². The lowest BCUT2D eigenvalue weighted by molar-refractivity contribution is 0.783. The molecule has 15 heavy (non-hydrogen) atoms. The number of nitrogens with zero attached hydrogens (tertiary/aromatic N) is 1. The van der Waals surface area contributed by atoms with Gasteiger partial charge in [-0.3, -0.25) is 0 Å². The van der Waals surface area contributed by atoms with Crippen LogP contribution in [-0.2, 0) is 0 Å². The zero-order valence-electron chi connectivity index (χ0n) is 10.0. The lowest BCUT2D eigenvalue weighted by Gasteiger charge is -2.24. The molecule has 2 atom stereocenters. The minimum absolute atomic E-state index is 0.295. The normalized spacial score (nSPS) is 23.7. The van der Waals surface area contributed by atoms with E-state index in [9.17, 15) is 0 Å². The van der Waals surface area contributed by atoms with Gasteiger partial charge in [0.2, 0.25) is 0 Å². The molecule has 0 spiro atoms. The average molecular weight is 243 g/mol. The van der Waals surface area contributed by atoms with Gasteiger partial charge < -0.3 is 0 Å². The van der Waals surface area contributed by atoms with Crippen molar-refractivity contribution in [2.45, 2.75) is 51.0 Å². The summed E-state index contributed by atoms with van der Waals surface area (Å²) in [6.45, 7) is 8.85. The summed E-state index contributed by atoms with van der Waals surface area (Å²) in [5.74, 6) is 0.555. The SMILES string of the molecule is CCC1C=C(C(C)C)C(C(S)CC)=NS1. The predicted molar refractivity (Wildman–Crippen MR) is 75.1 cm³/mol. The van der Waals surface area contributed by atoms with Crippen molar-refractivity contribution in [2.24, 2.45) is 10.3 Å². The fraction of sp³-hybridized carbons (Fsp3) is 0.750. The van der Waals surface area contributed by atoms with Crippen molar-refractivity contribution in [2.75, 3.05) is 0 Å². The van der Waals surface area contributed by atoms with Gasteiger partial charge in [0.25, 0.3) is 0 Å². The summed E-state index contributed by atoms with van der Waals surface area (Å²) < 4.78 is 4.64. The maximum Gasteiger partial charge on any atom is 0.0646 e. The highest BCUT2D eigenvalue weighted by molar-refractivity contribution is 7.99. The molecule has 1 aliphatic rings. The van der Waals surface area contributed by atoms with Gasteiger partial charge in [0.05, 0.1) is 5.71 Å². The molecule has 0 aromatic rings. The zero-order chi connectivity index (χ0) is 11.4. The summed E-state index contributed by atoms with van der Waals surface area (Å²) in [6, 6.07) is 0. The Morgan fingerprint density at radius 1 is 1.47 bits per heavy atom. The molecular weight excluding hydrogens is 222 g/mol. The first-order valence-corrected chi connectivity index (χ1v) is 7.09. The van der Waals surface area contributed by atoms with E-state index >= 15 is 0 Å². The monoisotopic (exact) mass is 243 g/mol. The summed E-state index contributed by atoms with van der Waals surface area (Å²) in [6.07, 6.45) is 4.58. The number of thiol groups is 1. The zero-order valence-corrected chi connectivity index (χ0v) is 11.7. The Kier molecular flexibility index (Phi) is 5.27. The van der Waals surface area contributed by atoms with Gasteiger partial charge in [-0.2, -0.15) is 12.6 Å². The molecule has 0 saturated carbocycles. The summed E-state index contributed by atoms with van der Waals surface area (Å²) in [4.78, 5) is 0. The molecule has 1 aliphatic heterocycles. The number of rotatable bonds is 4. The van der Waals surface area contributed by atoms with Crippen LogP contribution in [0.2, 0.25) is 0 Å². The fourth-order valence-corrected chi connectivity index (χ4v) is 2.74. The molecule has 0 aromatic heterocycles. The van der Waals surface area contributed by atoms with E-state index in [1.165, 1.54) is 11.3 Å². The Balaban J connectivity index is 2.89. The van der Waals surface area contributed by atoms with Gasteiger partial charge in [-0.25, -0.2) is 4.40 Å². The molecule has 0 fully saturated rings. The third kappa shape index (κ3) is 3.28. The predicted octanol–water partition coefficient (Wildman–Crippen LogP) is 4.16. The maximum atomic E-state index is 4.64. The van der Waals surface area contributed by atoms with Crippen molar-refractivity contribution in [1.29, 1.82) is 0 Å². The van der Waals surface area contributed by atoms with Gasteiger partial charge >= 0.3 is 0 Å². The Morgan fingerprint density at radius 3 is 2.60 bits per heavy atom. The highest BCUT2D eigenvalue weighted by Crippen LogP contribution is 2.31. The van der Waals surface area contributed by atoms with E-state index in [0.29, 0.717) is 16.4 Å². The molecule has 1 heterocycles. The van der Waals surface area contributed by atoms with Crippen LogP contribution in [-0.4, -0.2) is 16.2 Å². The minimum atomic E-state index is 0.295. The molecule has 2 unspecified atom stereocenters. The quantitative estimate of drug-likeness (QED) is 0.577. The van der Waals surface area contributed by atoms with Crippen LogP contribution in [0.15, 0.2) is 16.0 Å². The second kappa shape index (κ2) is 6.00. The smallest absolute Gasteiger partial charge is 0.0646 e. The van der Waals surface area contributed by atoms with Crippen LogP contribution in [0.3, 0.4) is 0 Å². The number of allylic oxidation sites excluding steroid dienone is 1. The molecule has 3 heteroatoms. The van der Waals surface area contributed by atoms with Crippen molar-refractivity contribution in [3.05, 3.63) is 11.6 Å². The largest absolute Gasteiger partial charge is 0.219 e. The van der Waals surface area contributed by atoms with Gasteiger partial charge in [0, 0.05) is 10.5 Å². The molecule has 0 saturated heterocycles. The van der Waals surface area contributed by atoms with Gasteiger partial charge in [0.15, 0.2) is 0 Å². The van der Waals surface area contributed by atoms with Crippen molar-refractivity contribution in [3.63, 3.8) is 0 Å². The molecule has 0 aliphatic carbocycles. The minimum Gasteiger partial charge on any atom is -0.219 e. The summed E-state index contributed by atoms with van der Waals surface area (Å²) >= 11 is 6.30. The van der Waals surface area contributed by atoms with Crippen LogP contribution in [0.1, 0.15) is 40.5 Å². The summed E-state index contributed by atoms with van der Waals surface area (Å²) in [5, 5.41) is 0.854. The van der Waals surface area contributed by atoms with E-state index in [0.717, 1.165) is 12.8 Å². The second-order valence-corrected chi connectivity index (χ2v) is 5.85. The lowest BCUT2D eigenvalue weighted by Crippen LogP contribution is -2.23. The van der Waals surface area contributed by atoms with E-state index in [4.69, 9.17) is 0 Å². The first-order valence-electron chi connectivity index (χ1n) is 5.73. The highest BCUT2D eigenvalue weighted by atomic mass is 32.2. The average Bonchev–Trinajstić information content (AvgIpc) is 2.27. The molecule has 0 aromatic carbocycles. The Bertz CT molecular complexity index is 269. The molecule has 1 rings (SSSR count). The van der Waals surface area contributed by atoms with Crippen molar-refractivity contribution in [1.82, 2.24) is 0 Å². The van der Waals surface area contributed by atoms with Gasteiger partial charge in [-0.1, -0.05) is 33.8 Å². The summed E-state index contributed by atoms with van der Waals surface area (Å²) in [5.41, 5.74) is 2.60. The molecule has 1 nitrogen and oxygen atoms in total. The first-order chi connectivity index (χ1) is 7.10. The molecule has 86 valence electrons. The highest BCUT2D eigenvalue weighted by Gasteiger charge is 2.22. The van der Waals surface area contributed by atoms with Crippen LogP contribution >= 0.6 is 24.6 Å². The van der Waals surface area contributed by atoms with Crippen molar-refractivity contribution < 1.29 is 0 Å². The molecule has 0 bridgehead atoms. The molecule has 0 radical (unpaired) electrons. The third-order valence-electron chi connectivity index (χ3n) is 2.67. The van der Waals surface area contributed by atoms with Crippen LogP contribution in [0.4, 0.5) is 0 Å². The van der Waals surface area contributed by atoms with Gasteiger partial charge in [-0.15, -0.1) is 0 Å². The first kappa shape index (κ1) is 13.2. The number of hydrogen-bond acceptors (Lipinski definition) is 3. The summed E-state index contributed by atoms with van der Waals surface area (Å²) in [7, 11) is 0. The van der Waals surface area contributed by atoms with Crippen LogP contribution in [0.25, 0.3) is 0 Å². The molecule has 0 N–H and O–H groups in total. The lowest BCUT2D eigenvalue weighted by atomic mass is 9.94. The van der Waals surface area contributed by atoms with Crippen molar-refractivity contribution >= 4 is 30.3 Å². The number of hydrogen-bond donors (Lipinski definition) is 1. The van der Waals surface area contributed by atoms with Gasteiger partial charge in [-0.05, 0) is 36.3 Å². The topological polar surface area (TPSA) is 12.4 Å². The van der Waals surface area contributed by atoms with E-state index in [1.54, 1.807) is 11.9 Å². The fourth-order valence-electron chi connectivity index (χ4n) is 1.62. The maximum absolute atomic E-state index is 4.64. The van der Waals surface area contributed by atoms with E-state index in [2.05, 4.69) is 50.8 Å².